The Morgan fingerprint density at radius 2 is 2.08 bits per heavy atom. The molecule has 0 bridgehead atoms. The van der Waals surface area contributed by atoms with Crippen molar-refractivity contribution in [3.63, 3.8) is 0 Å². The number of carbonyl (C=O) groups excluding carboxylic acids is 1. The van der Waals surface area contributed by atoms with E-state index in [-0.39, 0.29) is 11.7 Å². The summed E-state index contributed by atoms with van der Waals surface area (Å²) in [5, 5.41) is 9.49. The van der Waals surface area contributed by atoms with Crippen LogP contribution in [0.4, 0.5) is 0 Å². The average Bonchev–Trinajstić information content (AvgIpc) is 3.03. The topological polar surface area (TPSA) is 70.5 Å². The molecular weight excluding hydrogens is 344 g/mol. The number of piperidine rings is 1. The van der Waals surface area contributed by atoms with E-state index in [0.717, 1.165) is 36.5 Å². The Balaban J connectivity index is 1.53. The summed E-state index contributed by atoms with van der Waals surface area (Å²) in [6, 6.07) is 8.16. The van der Waals surface area contributed by atoms with Crippen LogP contribution in [0.3, 0.4) is 0 Å². The molecule has 1 N–H and O–H groups in total. The van der Waals surface area contributed by atoms with Crippen LogP contribution in [-0.4, -0.2) is 51.0 Å². The molecule has 24 heavy (non-hydrogen) atoms. The molecule has 5 nitrogen and oxygen atoms in total. The molecule has 7 heteroatoms. The van der Waals surface area contributed by atoms with Gasteiger partial charge in [0.25, 0.3) is 0 Å². The number of likely N-dealkylation sites (tertiary alicyclic amines) is 1. The van der Waals surface area contributed by atoms with Crippen LogP contribution in [0.5, 0.6) is 0 Å². The number of amides is 1. The highest BCUT2D eigenvalue weighted by Crippen LogP contribution is 2.33. The highest BCUT2D eigenvalue weighted by Gasteiger charge is 2.26. The van der Waals surface area contributed by atoms with Crippen LogP contribution in [-0.2, 0) is 9.59 Å². The van der Waals surface area contributed by atoms with Crippen LogP contribution in [0.1, 0.15) is 30.7 Å². The second-order valence-electron chi connectivity index (χ2n) is 5.97. The second-order valence-corrected chi connectivity index (χ2v) is 8.36. The molecule has 1 amide bonds. The van der Waals surface area contributed by atoms with E-state index in [2.05, 4.69) is 6.07 Å². The van der Waals surface area contributed by atoms with Gasteiger partial charge in [0.15, 0.2) is 0 Å². The summed E-state index contributed by atoms with van der Waals surface area (Å²) in [5.41, 5.74) is 1.05. The number of carboxylic acid groups (broad SMARTS) is 1. The molecule has 1 aromatic heterocycles. The van der Waals surface area contributed by atoms with Gasteiger partial charge in [-0.05, 0) is 31.9 Å². The van der Waals surface area contributed by atoms with E-state index < -0.39 is 11.2 Å². The molecule has 128 valence electrons. The number of fused-ring (bicyclic) bond motifs is 1. The van der Waals surface area contributed by atoms with E-state index in [9.17, 15) is 9.59 Å². The van der Waals surface area contributed by atoms with Gasteiger partial charge in [-0.15, -0.1) is 23.1 Å². The van der Waals surface area contributed by atoms with Crippen LogP contribution < -0.4 is 0 Å². The minimum absolute atomic E-state index is 0.0378. The third kappa shape index (κ3) is 3.89. The number of hydrogen-bond donors (Lipinski definition) is 1. The van der Waals surface area contributed by atoms with Gasteiger partial charge in [0.2, 0.25) is 5.91 Å². The van der Waals surface area contributed by atoms with Crippen LogP contribution in [0, 0.1) is 0 Å². The van der Waals surface area contributed by atoms with Gasteiger partial charge in [-0.1, -0.05) is 12.1 Å². The van der Waals surface area contributed by atoms with Crippen molar-refractivity contribution in [1.29, 1.82) is 0 Å². The predicted octanol–water partition coefficient (Wildman–Crippen LogP) is 3.21. The lowest BCUT2D eigenvalue weighted by atomic mass is 9.97. The zero-order chi connectivity index (χ0) is 17.1. The Hall–Kier alpha value is -1.60. The highest BCUT2D eigenvalue weighted by atomic mass is 32.2. The quantitative estimate of drug-likeness (QED) is 0.882. The number of carbonyl (C=O) groups is 2. The Bertz CT molecular complexity index is 705. The van der Waals surface area contributed by atoms with Crippen molar-refractivity contribution in [3.8, 4) is 0 Å². The lowest BCUT2D eigenvalue weighted by molar-refractivity contribution is -0.136. The number of para-hydroxylation sites is 1. The average molecular weight is 364 g/mol. The molecule has 0 radical (unpaired) electrons. The summed E-state index contributed by atoms with van der Waals surface area (Å²) in [7, 11) is 0. The summed E-state index contributed by atoms with van der Waals surface area (Å²) in [5.74, 6) is -0.186. The number of rotatable bonds is 5. The standard InChI is InChI=1S/C17H20N2O3S2/c1-11(17(21)22)23-10-15(20)19-8-6-12(7-9-19)16-18-13-4-2-3-5-14(13)24-16/h2-5,11-12H,6-10H2,1H3,(H,21,22). The molecule has 3 rings (SSSR count). The minimum atomic E-state index is -0.873. The molecule has 1 aliphatic heterocycles. The minimum Gasteiger partial charge on any atom is -0.480 e. The summed E-state index contributed by atoms with van der Waals surface area (Å²) >= 11 is 2.93. The SMILES string of the molecule is CC(SCC(=O)N1CCC(c2nc3ccccc3s2)CC1)C(=O)O. The molecule has 1 saturated heterocycles. The maximum Gasteiger partial charge on any atom is 0.316 e. The van der Waals surface area contributed by atoms with Crippen molar-refractivity contribution in [2.45, 2.75) is 30.9 Å². The van der Waals surface area contributed by atoms with Gasteiger partial charge < -0.3 is 10.0 Å². The third-order valence-corrected chi connectivity index (χ3v) is 6.63. The molecular formula is C17H20N2O3S2. The van der Waals surface area contributed by atoms with Gasteiger partial charge in [0.1, 0.15) is 0 Å². The molecule has 1 fully saturated rings. The van der Waals surface area contributed by atoms with Crippen molar-refractivity contribution in [1.82, 2.24) is 9.88 Å². The Kier molecular flexibility index (Phi) is 5.40. The number of carboxylic acids is 1. The Morgan fingerprint density at radius 3 is 2.75 bits per heavy atom. The fourth-order valence-electron chi connectivity index (χ4n) is 2.80. The lowest BCUT2D eigenvalue weighted by Gasteiger charge is -2.31. The fourth-order valence-corrected chi connectivity index (χ4v) is 4.65. The first-order valence-corrected chi connectivity index (χ1v) is 9.89. The van der Waals surface area contributed by atoms with Crippen LogP contribution in [0.25, 0.3) is 10.2 Å². The van der Waals surface area contributed by atoms with E-state index in [1.165, 1.54) is 16.5 Å². The van der Waals surface area contributed by atoms with Crippen molar-refractivity contribution in [2.75, 3.05) is 18.8 Å². The summed E-state index contributed by atoms with van der Waals surface area (Å²) in [4.78, 5) is 29.6. The summed E-state index contributed by atoms with van der Waals surface area (Å²) < 4.78 is 1.21. The number of nitrogens with zero attached hydrogens (tertiary/aromatic N) is 2. The zero-order valence-electron chi connectivity index (χ0n) is 13.5. The predicted molar refractivity (Wildman–Crippen MR) is 97.7 cm³/mol. The molecule has 1 atom stereocenters. The van der Waals surface area contributed by atoms with E-state index in [1.54, 1.807) is 18.3 Å². The number of thiazole rings is 1. The normalized spacial score (nSPS) is 17.1. The molecule has 0 saturated carbocycles. The Morgan fingerprint density at radius 1 is 1.38 bits per heavy atom. The highest BCUT2D eigenvalue weighted by molar-refractivity contribution is 8.01. The van der Waals surface area contributed by atoms with Crippen molar-refractivity contribution in [2.24, 2.45) is 0 Å². The van der Waals surface area contributed by atoms with Gasteiger partial charge >= 0.3 is 5.97 Å². The van der Waals surface area contributed by atoms with E-state index in [0.29, 0.717) is 5.92 Å². The summed E-state index contributed by atoms with van der Waals surface area (Å²) in [6.45, 7) is 3.06. The van der Waals surface area contributed by atoms with Crippen molar-refractivity contribution < 1.29 is 14.7 Å². The van der Waals surface area contributed by atoms with Crippen LogP contribution >= 0.6 is 23.1 Å². The van der Waals surface area contributed by atoms with E-state index in [4.69, 9.17) is 10.1 Å². The van der Waals surface area contributed by atoms with Crippen LogP contribution in [0.2, 0.25) is 0 Å². The third-order valence-electron chi connectivity index (χ3n) is 4.31. The molecule has 0 aliphatic carbocycles. The number of thioether (sulfide) groups is 1. The van der Waals surface area contributed by atoms with Crippen molar-refractivity contribution >= 4 is 45.2 Å². The first-order valence-electron chi connectivity index (χ1n) is 8.02. The summed E-state index contributed by atoms with van der Waals surface area (Å²) in [6.07, 6.45) is 1.84. The maximum atomic E-state index is 12.2. The lowest BCUT2D eigenvalue weighted by Crippen LogP contribution is -2.39. The first kappa shape index (κ1) is 17.2. The molecule has 0 spiro atoms. The smallest absolute Gasteiger partial charge is 0.316 e. The zero-order valence-corrected chi connectivity index (χ0v) is 15.1. The molecule has 2 aromatic rings. The number of benzene rings is 1. The van der Waals surface area contributed by atoms with E-state index in [1.807, 2.05) is 23.1 Å². The van der Waals surface area contributed by atoms with Crippen LogP contribution in [0.15, 0.2) is 24.3 Å². The Labute approximate surface area is 149 Å². The van der Waals surface area contributed by atoms with Gasteiger partial charge in [-0.25, -0.2) is 4.98 Å². The second kappa shape index (κ2) is 7.53. The molecule has 1 unspecified atom stereocenters. The van der Waals surface area contributed by atoms with Gasteiger partial charge in [-0.2, -0.15) is 0 Å². The monoisotopic (exact) mass is 364 g/mol. The van der Waals surface area contributed by atoms with Gasteiger partial charge in [0, 0.05) is 19.0 Å². The number of aromatic nitrogens is 1. The first-order chi connectivity index (χ1) is 11.5. The molecule has 1 aromatic carbocycles. The number of aliphatic carboxylic acids is 1. The van der Waals surface area contributed by atoms with Gasteiger partial charge in [-0.3, -0.25) is 9.59 Å². The fraction of sp³-hybridized carbons (Fsp3) is 0.471. The van der Waals surface area contributed by atoms with E-state index >= 15 is 0 Å². The maximum absolute atomic E-state index is 12.2. The van der Waals surface area contributed by atoms with Crippen molar-refractivity contribution in [3.05, 3.63) is 29.3 Å². The van der Waals surface area contributed by atoms with Gasteiger partial charge in [0.05, 0.1) is 26.2 Å². The molecule has 1 aliphatic rings. The molecule has 2 heterocycles. The number of hydrogen-bond acceptors (Lipinski definition) is 5. The largest absolute Gasteiger partial charge is 0.480 e.